The number of para-hydroxylation sites is 1. The number of rotatable bonds is 8. The van der Waals surface area contributed by atoms with Crippen LogP contribution < -0.4 is 19.8 Å². The van der Waals surface area contributed by atoms with Crippen molar-refractivity contribution in [1.29, 1.82) is 0 Å². The standard InChI is InChI=1S/C31H30BrN3O5/c1-6-38-26-15-19(14-22(32)28(26)39-18-31(2,3)4)17-33-35-29(34-23-11-8-7-10-20(23)30(35)36)27-16-21-24(37-5)12-9-13-25(21)40-27/h7-17H,6,18H2,1-5H3. The van der Waals surface area contributed by atoms with Crippen molar-refractivity contribution in [3.05, 3.63) is 81.1 Å². The molecule has 0 unspecified atom stereocenters. The zero-order chi connectivity index (χ0) is 28.4. The maximum Gasteiger partial charge on any atom is 0.282 e. The quantitative estimate of drug-likeness (QED) is 0.173. The molecule has 0 amide bonds. The van der Waals surface area contributed by atoms with E-state index >= 15 is 0 Å². The summed E-state index contributed by atoms with van der Waals surface area (Å²) < 4.78 is 25.5. The number of fused-ring (bicyclic) bond motifs is 2. The summed E-state index contributed by atoms with van der Waals surface area (Å²) in [7, 11) is 1.60. The predicted octanol–water partition coefficient (Wildman–Crippen LogP) is 7.29. The summed E-state index contributed by atoms with van der Waals surface area (Å²) >= 11 is 3.62. The summed E-state index contributed by atoms with van der Waals surface area (Å²) in [6.07, 6.45) is 1.59. The summed E-state index contributed by atoms with van der Waals surface area (Å²) in [6.45, 7) is 9.21. The van der Waals surface area contributed by atoms with E-state index in [1.54, 1.807) is 31.5 Å². The number of hydrogen-bond acceptors (Lipinski definition) is 7. The second-order valence-corrected chi connectivity index (χ2v) is 11.3. The Balaban J connectivity index is 1.63. The van der Waals surface area contributed by atoms with Gasteiger partial charge in [-0.2, -0.15) is 9.78 Å². The van der Waals surface area contributed by atoms with Gasteiger partial charge in [-0.1, -0.05) is 39.0 Å². The van der Waals surface area contributed by atoms with Crippen molar-refractivity contribution in [2.45, 2.75) is 27.7 Å². The Morgan fingerprint density at radius 2 is 1.82 bits per heavy atom. The largest absolute Gasteiger partial charge is 0.496 e. The number of furan rings is 1. The van der Waals surface area contributed by atoms with Gasteiger partial charge in [-0.3, -0.25) is 4.79 Å². The molecule has 0 radical (unpaired) electrons. The van der Waals surface area contributed by atoms with E-state index in [1.165, 1.54) is 4.68 Å². The number of methoxy groups -OCH3 is 1. The summed E-state index contributed by atoms with van der Waals surface area (Å²) in [5.74, 6) is 2.52. The Labute approximate surface area is 240 Å². The van der Waals surface area contributed by atoms with Crippen LogP contribution in [0, 0.1) is 5.41 Å². The van der Waals surface area contributed by atoms with Crippen molar-refractivity contribution in [2.24, 2.45) is 10.5 Å². The molecule has 5 rings (SSSR count). The zero-order valence-electron chi connectivity index (χ0n) is 23.0. The van der Waals surface area contributed by atoms with E-state index in [0.717, 1.165) is 9.86 Å². The fourth-order valence-electron chi connectivity index (χ4n) is 4.19. The molecular formula is C31H30BrN3O5. The lowest BCUT2D eigenvalue weighted by Crippen LogP contribution is -2.20. The smallest absolute Gasteiger partial charge is 0.282 e. The van der Waals surface area contributed by atoms with Crippen LogP contribution in [0.1, 0.15) is 33.3 Å². The predicted molar refractivity (Wildman–Crippen MR) is 161 cm³/mol. The van der Waals surface area contributed by atoms with E-state index in [1.807, 2.05) is 49.4 Å². The summed E-state index contributed by atoms with van der Waals surface area (Å²) in [4.78, 5) is 18.4. The van der Waals surface area contributed by atoms with E-state index in [4.69, 9.17) is 23.6 Å². The maximum absolute atomic E-state index is 13.6. The van der Waals surface area contributed by atoms with Gasteiger partial charge in [-0.25, -0.2) is 4.98 Å². The van der Waals surface area contributed by atoms with Gasteiger partial charge >= 0.3 is 0 Å². The van der Waals surface area contributed by atoms with E-state index in [2.05, 4.69) is 41.8 Å². The van der Waals surface area contributed by atoms with Gasteiger partial charge in [0, 0.05) is 0 Å². The number of aromatic nitrogens is 2. The minimum atomic E-state index is -0.321. The summed E-state index contributed by atoms with van der Waals surface area (Å²) in [5, 5.41) is 5.80. The van der Waals surface area contributed by atoms with E-state index in [-0.39, 0.29) is 16.8 Å². The highest BCUT2D eigenvalue weighted by atomic mass is 79.9. The first-order valence-electron chi connectivity index (χ1n) is 12.9. The lowest BCUT2D eigenvalue weighted by atomic mass is 9.99. The highest BCUT2D eigenvalue weighted by Crippen LogP contribution is 2.38. The number of hydrogen-bond donors (Lipinski definition) is 0. The molecule has 0 N–H and O–H groups in total. The third-order valence-corrected chi connectivity index (χ3v) is 6.61. The van der Waals surface area contributed by atoms with E-state index in [0.29, 0.717) is 58.3 Å². The van der Waals surface area contributed by atoms with Gasteiger partial charge < -0.3 is 18.6 Å². The van der Waals surface area contributed by atoms with Crippen LogP contribution in [-0.2, 0) is 0 Å². The molecule has 206 valence electrons. The number of ether oxygens (including phenoxy) is 3. The van der Waals surface area contributed by atoms with Crippen molar-refractivity contribution in [3.63, 3.8) is 0 Å². The third-order valence-electron chi connectivity index (χ3n) is 6.02. The van der Waals surface area contributed by atoms with Crippen molar-refractivity contribution >= 4 is 44.0 Å². The van der Waals surface area contributed by atoms with Gasteiger partial charge in [0.2, 0.25) is 5.82 Å². The number of benzene rings is 3. The minimum absolute atomic E-state index is 0.0234. The lowest BCUT2D eigenvalue weighted by molar-refractivity contribution is 0.187. The van der Waals surface area contributed by atoms with Gasteiger partial charge in [-0.05, 0) is 76.3 Å². The highest BCUT2D eigenvalue weighted by molar-refractivity contribution is 9.10. The van der Waals surface area contributed by atoms with Gasteiger partial charge in [0.25, 0.3) is 5.56 Å². The van der Waals surface area contributed by atoms with Crippen molar-refractivity contribution in [3.8, 4) is 28.8 Å². The molecule has 2 aromatic heterocycles. The van der Waals surface area contributed by atoms with Gasteiger partial charge in [0.05, 0.1) is 47.3 Å². The molecule has 0 bridgehead atoms. The van der Waals surface area contributed by atoms with Crippen LogP contribution in [0.15, 0.2) is 79.4 Å². The Morgan fingerprint density at radius 1 is 1.02 bits per heavy atom. The molecule has 3 aromatic carbocycles. The van der Waals surface area contributed by atoms with Crippen molar-refractivity contribution in [1.82, 2.24) is 9.66 Å². The first-order chi connectivity index (χ1) is 19.2. The van der Waals surface area contributed by atoms with Crippen LogP contribution in [0.2, 0.25) is 0 Å². The molecule has 0 aliphatic carbocycles. The molecule has 2 heterocycles. The fraction of sp³-hybridized carbons (Fsp3) is 0.258. The molecule has 0 aliphatic heterocycles. The Hall–Kier alpha value is -4.11. The monoisotopic (exact) mass is 603 g/mol. The first kappa shape index (κ1) is 27.5. The van der Waals surface area contributed by atoms with Crippen LogP contribution in [0.3, 0.4) is 0 Å². The fourth-order valence-corrected chi connectivity index (χ4v) is 4.77. The van der Waals surface area contributed by atoms with Crippen LogP contribution in [0.25, 0.3) is 33.5 Å². The molecule has 0 aliphatic rings. The van der Waals surface area contributed by atoms with Crippen molar-refractivity contribution in [2.75, 3.05) is 20.3 Å². The minimum Gasteiger partial charge on any atom is -0.496 e. The number of halogens is 1. The SMILES string of the molecule is CCOc1cc(C=Nn2c(-c3cc4c(OC)cccc4o3)nc3ccccc3c2=O)cc(Br)c1OCC(C)(C)C. The van der Waals surface area contributed by atoms with Crippen LogP contribution in [0.5, 0.6) is 17.2 Å². The molecule has 0 fully saturated rings. The second kappa shape index (κ2) is 11.2. The maximum atomic E-state index is 13.6. The molecule has 8 nitrogen and oxygen atoms in total. The molecule has 0 atom stereocenters. The highest BCUT2D eigenvalue weighted by Gasteiger charge is 2.19. The van der Waals surface area contributed by atoms with Gasteiger partial charge in [0.15, 0.2) is 17.3 Å². The van der Waals surface area contributed by atoms with Crippen molar-refractivity contribution < 1.29 is 18.6 Å². The Bertz CT molecular complexity index is 1780. The molecule has 0 saturated carbocycles. The number of nitrogens with zero attached hydrogens (tertiary/aromatic N) is 3. The molecule has 0 saturated heterocycles. The molecule has 40 heavy (non-hydrogen) atoms. The molecule has 0 spiro atoms. The van der Waals surface area contributed by atoms with E-state index in [9.17, 15) is 4.79 Å². The van der Waals surface area contributed by atoms with Gasteiger partial charge in [-0.15, -0.1) is 0 Å². The second-order valence-electron chi connectivity index (χ2n) is 10.4. The third kappa shape index (κ3) is 5.60. The lowest BCUT2D eigenvalue weighted by Gasteiger charge is -2.21. The summed E-state index contributed by atoms with van der Waals surface area (Å²) in [6, 6.07) is 18.2. The zero-order valence-corrected chi connectivity index (χ0v) is 24.6. The van der Waals surface area contributed by atoms with Crippen LogP contribution in [-0.4, -0.2) is 36.2 Å². The Morgan fingerprint density at radius 3 is 2.58 bits per heavy atom. The normalized spacial score (nSPS) is 11.9. The Kier molecular flexibility index (Phi) is 7.67. The van der Waals surface area contributed by atoms with Crippen LogP contribution in [0.4, 0.5) is 0 Å². The average molecular weight is 605 g/mol. The molecule has 9 heteroatoms. The summed E-state index contributed by atoms with van der Waals surface area (Å²) in [5.41, 5.74) is 1.52. The van der Waals surface area contributed by atoms with Crippen LogP contribution >= 0.6 is 15.9 Å². The van der Waals surface area contributed by atoms with E-state index < -0.39 is 0 Å². The molecule has 5 aromatic rings. The topological polar surface area (TPSA) is 88.1 Å². The first-order valence-corrected chi connectivity index (χ1v) is 13.7. The van der Waals surface area contributed by atoms with Gasteiger partial charge in [0.1, 0.15) is 11.3 Å². The molecular weight excluding hydrogens is 574 g/mol. The average Bonchev–Trinajstić information content (AvgIpc) is 3.36.